The molecular formula is C16H26N2O2. The van der Waals surface area contributed by atoms with Crippen LogP contribution in [0, 0.1) is 5.92 Å². The van der Waals surface area contributed by atoms with Crippen LogP contribution in [0.25, 0.3) is 0 Å². The van der Waals surface area contributed by atoms with Crippen LogP contribution in [0.3, 0.4) is 0 Å². The van der Waals surface area contributed by atoms with E-state index in [2.05, 4.69) is 24.5 Å². The molecule has 1 rings (SSSR count). The van der Waals surface area contributed by atoms with Gasteiger partial charge in [0.25, 0.3) is 0 Å². The summed E-state index contributed by atoms with van der Waals surface area (Å²) in [5, 5.41) is 5.74. The van der Waals surface area contributed by atoms with Crippen molar-refractivity contribution in [3.05, 3.63) is 29.8 Å². The number of methoxy groups -OCH3 is 1. The van der Waals surface area contributed by atoms with Gasteiger partial charge < -0.3 is 15.4 Å². The quantitative estimate of drug-likeness (QED) is 0.718. The first-order valence-electron chi connectivity index (χ1n) is 7.26. The molecule has 0 heterocycles. The highest BCUT2D eigenvalue weighted by atomic mass is 16.5. The number of benzene rings is 1. The number of carbonyl (C=O) groups excluding carboxylic acids is 1. The summed E-state index contributed by atoms with van der Waals surface area (Å²) in [5.74, 6) is 1.54. The van der Waals surface area contributed by atoms with Crippen LogP contribution in [-0.4, -0.2) is 26.2 Å². The van der Waals surface area contributed by atoms with E-state index in [1.807, 2.05) is 24.3 Å². The van der Waals surface area contributed by atoms with Crippen molar-refractivity contribution in [2.75, 3.05) is 20.2 Å². The molecule has 4 heteroatoms. The Morgan fingerprint density at radius 1 is 1.15 bits per heavy atom. The van der Waals surface area contributed by atoms with E-state index in [1.165, 1.54) is 5.56 Å². The van der Waals surface area contributed by atoms with Crippen LogP contribution in [0.2, 0.25) is 0 Å². The van der Waals surface area contributed by atoms with E-state index in [-0.39, 0.29) is 6.03 Å². The predicted octanol–water partition coefficient (Wildman–Crippen LogP) is 2.97. The summed E-state index contributed by atoms with van der Waals surface area (Å²) in [4.78, 5) is 11.5. The van der Waals surface area contributed by atoms with Crippen molar-refractivity contribution in [1.82, 2.24) is 10.6 Å². The van der Waals surface area contributed by atoms with Gasteiger partial charge in [-0.2, -0.15) is 0 Å². The van der Waals surface area contributed by atoms with Gasteiger partial charge in [0.05, 0.1) is 7.11 Å². The highest BCUT2D eigenvalue weighted by Crippen LogP contribution is 2.11. The summed E-state index contributed by atoms with van der Waals surface area (Å²) in [6, 6.07) is 7.81. The molecule has 0 unspecified atom stereocenters. The maximum absolute atomic E-state index is 11.5. The fraction of sp³-hybridized carbons (Fsp3) is 0.562. The van der Waals surface area contributed by atoms with E-state index in [9.17, 15) is 4.79 Å². The van der Waals surface area contributed by atoms with Gasteiger partial charge in [-0.1, -0.05) is 26.0 Å². The lowest BCUT2D eigenvalue weighted by atomic mass is 10.1. The molecule has 2 amide bonds. The zero-order valence-electron chi connectivity index (χ0n) is 12.7. The maximum Gasteiger partial charge on any atom is 0.314 e. The van der Waals surface area contributed by atoms with Gasteiger partial charge in [0.15, 0.2) is 0 Å². The zero-order valence-corrected chi connectivity index (χ0v) is 12.7. The smallest absolute Gasteiger partial charge is 0.314 e. The summed E-state index contributed by atoms with van der Waals surface area (Å²) >= 11 is 0. The van der Waals surface area contributed by atoms with Crippen LogP contribution >= 0.6 is 0 Å². The van der Waals surface area contributed by atoms with Crippen LogP contribution in [0.5, 0.6) is 5.75 Å². The molecule has 20 heavy (non-hydrogen) atoms. The van der Waals surface area contributed by atoms with Gasteiger partial charge in [0.1, 0.15) is 5.75 Å². The predicted molar refractivity (Wildman–Crippen MR) is 82.2 cm³/mol. The number of carbonyl (C=O) groups is 1. The van der Waals surface area contributed by atoms with Crippen molar-refractivity contribution >= 4 is 6.03 Å². The third-order valence-corrected chi connectivity index (χ3v) is 3.10. The molecule has 1 aromatic rings. The van der Waals surface area contributed by atoms with E-state index in [4.69, 9.17) is 4.74 Å². The Bertz CT molecular complexity index is 388. The second-order valence-electron chi connectivity index (χ2n) is 5.32. The van der Waals surface area contributed by atoms with Gasteiger partial charge in [-0.3, -0.25) is 0 Å². The summed E-state index contributed by atoms with van der Waals surface area (Å²) in [7, 11) is 1.65. The van der Waals surface area contributed by atoms with Crippen molar-refractivity contribution in [2.45, 2.75) is 33.1 Å². The van der Waals surface area contributed by atoms with Gasteiger partial charge in [0, 0.05) is 13.1 Å². The van der Waals surface area contributed by atoms with Crippen molar-refractivity contribution < 1.29 is 9.53 Å². The number of amides is 2. The molecule has 2 N–H and O–H groups in total. The molecule has 0 fully saturated rings. The Balaban J connectivity index is 2.11. The maximum atomic E-state index is 11.5. The van der Waals surface area contributed by atoms with Gasteiger partial charge in [-0.15, -0.1) is 0 Å². The van der Waals surface area contributed by atoms with Crippen molar-refractivity contribution in [3.63, 3.8) is 0 Å². The average molecular weight is 278 g/mol. The fourth-order valence-electron chi connectivity index (χ4n) is 1.89. The molecule has 0 radical (unpaired) electrons. The molecule has 0 bridgehead atoms. The molecule has 4 nitrogen and oxygen atoms in total. The van der Waals surface area contributed by atoms with E-state index >= 15 is 0 Å². The lowest BCUT2D eigenvalue weighted by Gasteiger charge is -2.09. The summed E-state index contributed by atoms with van der Waals surface area (Å²) < 4.78 is 5.10. The Kier molecular flexibility index (Phi) is 7.55. The molecule has 112 valence electrons. The third kappa shape index (κ3) is 7.02. The molecule has 0 saturated heterocycles. The normalized spacial score (nSPS) is 10.4. The number of hydrogen-bond donors (Lipinski definition) is 2. The number of rotatable bonds is 8. The molecule has 0 aliphatic rings. The van der Waals surface area contributed by atoms with Crippen LogP contribution in [0.4, 0.5) is 4.79 Å². The third-order valence-electron chi connectivity index (χ3n) is 3.10. The minimum Gasteiger partial charge on any atom is -0.497 e. The van der Waals surface area contributed by atoms with E-state index in [0.717, 1.165) is 31.6 Å². The van der Waals surface area contributed by atoms with Gasteiger partial charge in [-0.25, -0.2) is 4.79 Å². The summed E-state index contributed by atoms with van der Waals surface area (Å²) in [5.41, 5.74) is 1.19. The SMILES string of the molecule is COc1ccc(CCNC(=O)NCCCC(C)C)cc1. The summed E-state index contributed by atoms with van der Waals surface area (Å²) in [6.45, 7) is 5.76. The lowest BCUT2D eigenvalue weighted by Crippen LogP contribution is -2.37. The van der Waals surface area contributed by atoms with Crippen molar-refractivity contribution in [3.8, 4) is 5.75 Å². The molecule has 0 spiro atoms. The topological polar surface area (TPSA) is 50.4 Å². The second-order valence-corrected chi connectivity index (χ2v) is 5.32. The van der Waals surface area contributed by atoms with Crippen LogP contribution in [0.15, 0.2) is 24.3 Å². The molecular weight excluding hydrogens is 252 g/mol. The number of hydrogen-bond acceptors (Lipinski definition) is 2. The average Bonchev–Trinajstić information content (AvgIpc) is 2.44. The Morgan fingerprint density at radius 2 is 1.80 bits per heavy atom. The molecule has 0 aromatic heterocycles. The number of urea groups is 1. The van der Waals surface area contributed by atoms with Gasteiger partial charge in [-0.05, 0) is 42.9 Å². The first-order chi connectivity index (χ1) is 9.61. The standard InChI is InChI=1S/C16H26N2O2/c1-13(2)5-4-11-17-16(19)18-12-10-14-6-8-15(20-3)9-7-14/h6-9,13H,4-5,10-12H2,1-3H3,(H2,17,18,19). The van der Waals surface area contributed by atoms with Crippen LogP contribution in [0.1, 0.15) is 32.3 Å². The highest BCUT2D eigenvalue weighted by Gasteiger charge is 2.00. The van der Waals surface area contributed by atoms with Crippen LogP contribution < -0.4 is 15.4 Å². The largest absolute Gasteiger partial charge is 0.497 e. The minimum absolute atomic E-state index is 0.0812. The Labute approximate surface area is 121 Å². The molecule has 0 saturated carbocycles. The molecule has 1 aromatic carbocycles. The van der Waals surface area contributed by atoms with Gasteiger partial charge >= 0.3 is 6.03 Å². The highest BCUT2D eigenvalue weighted by molar-refractivity contribution is 5.73. The first-order valence-corrected chi connectivity index (χ1v) is 7.26. The molecule has 0 aliphatic carbocycles. The minimum atomic E-state index is -0.0812. The Hall–Kier alpha value is -1.71. The fourth-order valence-corrected chi connectivity index (χ4v) is 1.89. The number of nitrogens with one attached hydrogen (secondary N) is 2. The van der Waals surface area contributed by atoms with Crippen molar-refractivity contribution in [2.24, 2.45) is 5.92 Å². The number of ether oxygens (including phenoxy) is 1. The van der Waals surface area contributed by atoms with E-state index in [1.54, 1.807) is 7.11 Å². The van der Waals surface area contributed by atoms with E-state index < -0.39 is 0 Å². The summed E-state index contributed by atoms with van der Waals surface area (Å²) in [6.07, 6.45) is 3.00. The monoisotopic (exact) mass is 278 g/mol. The first kappa shape index (κ1) is 16.3. The zero-order chi connectivity index (χ0) is 14.8. The van der Waals surface area contributed by atoms with Crippen LogP contribution in [-0.2, 0) is 6.42 Å². The van der Waals surface area contributed by atoms with E-state index in [0.29, 0.717) is 12.5 Å². The van der Waals surface area contributed by atoms with Gasteiger partial charge in [0.2, 0.25) is 0 Å². The molecule has 0 atom stereocenters. The van der Waals surface area contributed by atoms with Crippen molar-refractivity contribution in [1.29, 1.82) is 0 Å². The Morgan fingerprint density at radius 3 is 2.40 bits per heavy atom. The molecule has 0 aliphatic heterocycles. The second kappa shape index (κ2) is 9.23. The lowest BCUT2D eigenvalue weighted by molar-refractivity contribution is 0.240.